The first-order chi connectivity index (χ1) is 11.5. The monoisotopic (exact) mass is 388 g/mol. The maximum Gasteiger partial charge on any atom is 0.279 e. The summed E-state index contributed by atoms with van der Waals surface area (Å²) >= 11 is 3.47. The summed E-state index contributed by atoms with van der Waals surface area (Å²) in [6.07, 6.45) is 0. The molecular formula is C18H19BrN3O2+. The molecule has 0 aliphatic heterocycles. The summed E-state index contributed by atoms with van der Waals surface area (Å²) in [5.74, 6) is 0.633. The van der Waals surface area contributed by atoms with Gasteiger partial charge in [0, 0.05) is 5.56 Å². The van der Waals surface area contributed by atoms with Gasteiger partial charge in [-0.15, -0.1) is 0 Å². The normalized spacial score (nSPS) is 11.4. The second kappa shape index (κ2) is 8.48. The van der Waals surface area contributed by atoms with Crippen LogP contribution in [0.3, 0.4) is 0 Å². The number of rotatable bonds is 6. The first-order valence-corrected chi connectivity index (χ1v) is 8.30. The zero-order valence-electron chi connectivity index (χ0n) is 13.5. The molecule has 1 amide bonds. The van der Waals surface area contributed by atoms with Crippen molar-refractivity contribution in [2.45, 2.75) is 13.0 Å². The molecule has 0 radical (unpaired) electrons. The first-order valence-electron chi connectivity index (χ1n) is 7.51. The minimum atomic E-state index is -0.142. The molecule has 0 heterocycles. The molecule has 5 nitrogen and oxygen atoms in total. The van der Waals surface area contributed by atoms with Crippen LogP contribution in [0.5, 0.6) is 5.75 Å². The van der Waals surface area contributed by atoms with E-state index in [0.29, 0.717) is 11.3 Å². The summed E-state index contributed by atoms with van der Waals surface area (Å²) in [4.78, 5) is 12.1. The third kappa shape index (κ3) is 4.57. The number of halogens is 1. The van der Waals surface area contributed by atoms with Crippen LogP contribution in [0.25, 0.3) is 0 Å². The molecule has 0 saturated carbocycles. The number of hydrogen-bond acceptors (Lipinski definition) is 3. The van der Waals surface area contributed by atoms with Gasteiger partial charge in [-0.25, -0.2) is 0 Å². The van der Waals surface area contributed by atoms with Gasteiger partial charge in [-0.1, -0.05) is 12.1 Å². The first kappa shape index (κ1) is 18.0. The predicted octanol–water partition coefficient (Wildman–Crippen LogP) is 2.59. The largest absolute Gasteiger partial charge is 0.496 e. The van der Waals surface area contributed by atoms with Crippen LogP contribution in [0.1, 0.15) is 24.1 Å². The number of ether oxygens (including phenoxy) is 1. The lowest BCUT2D eigenvalue weighted by molar-refractivity contribution is -0.682. The molecule has 2 aromatic carbocycles. The van der Waals surface area contributed by atoms with Crippen LogP contribution in [-0.4, -0.2) is 19.6 Å². The fraction of sp³-hybridized carbons (Fsp3) is 0.222. The number of nitrogens with two attached hydrogens (primary N) is 1. The second-order valence-corrected chi connectivity index (χ2v) is 6.18. The van der Waals surface area contributed by atoms with Crippen molar-refractivity contribution in [1.29, 1.82) is 5.26 Å². The highest BCUT2D eigenvalue weighted by Crippen LogP contribution is 2.27. The molecule has 2 aromatic rings. The van der Waals surface area contributed by atoms with Crippen molar-refractivity contribution in [3.05, 3.63) is 58.1 Å². The Bertz CT molecular complexity index is 771. The predicted molar refractivity (Wildman–Crippen MR) is 95.7 cm³/mol. The maximum atomic E-state index is 12.1. The molecule has 124 valence electrons. The van der Waals surface area contributed by atoms with E-state index in [0.717, 1.165) is 15.8 Å². The average Bonchev–Trinajstić information content (AvgIpc) is 2.60. The van der Waals surface area contributed by atoms with Gasteiger partial charge in [0.1, 0.15) is 17.9 Å². The van der Waals surface area contributed by atoms with Crippen LogP contribution in [0.15, 0.2) is 46.9 Å². The molecule has 0 unspecified atom stereocenters. The zero-order valence-corrected chi connectivity index (χ0v) is 15.1. The van der Waals surface area contributed by atoms with E-state index in [1.807, 2.05) is 30.4 Å². The molecular weight excluding hydrogens is 370 g/mol. The molecule has 2 rings (SSSR count). The Labute approximate surface area is 149 Å². The van der Waals surface area contributed by atoms with Gasteiger partial charge in [0.05, 0.1) is 22.8 Å². The van der Waals surface area contributed by atoms with Gasteiger partial charge in [0.15, 0.2) is 6.54 Å². The molecule has 0 aliphatic carbocycles. The zero-order chi connectivity index (χ0) is 17.5. The fourth-order valence-corrected chi connectivity index (χ4v) is 2.83. The SMILES string of the molecule is COc1ccc([C@H](C)[NH2+]CC(=O)Nc2ccccc2C#N)cc1Br. The van der Waals surface area contributed by atoms with Crippen LogP contribution in [0, 0.1) is 11.3 Å². The molecule has 0 fully saturated rings. The number of nitrogens with one attached hydrogen (secondary N) is 1. The molecule has 1 atom stereocenters. The highest BCUT2D eigenvalue weighted by atomic mass is 79.9. The van der Waals surface area contributed by atoms with Gasteiger partial charge in [-0.2, -0.15) is 5.26 Å². The topological polar surface area (TPSA) is 78.7 Å². The number of hydrogen-bond donors (Lipinski definition) is 2. The van der Waals surface area contributed by atoms with Crippen LogP contribution >= 0.6 is 15.9 Å². The van der Waals surface area contributed by atoms with Gasteiger partial charge >= 0.3 is 0 Å². The Kier molecular flexibility index (Phi) is 6.36. The van der Waals surface area contributed by atoms with Crippen LogP contribution < -0.4 is 15.4 Å². The molecule has 3 N–H and O–H groups in total. The number of quaternary nitrogens is 1. The van der Waals surface area contributed by atoms with Crippen molar-refractivity contribution in [3.63, 3.8) is 0 Å². The molecule has 0 aromatic heterocycles. The summed E-state index contributed by atoms with van der Waals surface area (Å²) in [7, 11) is 1.62. The van der Waals surface area contributed by atoms with E-state index in [9.17, 15) is 4.79 Å². The second-order valence-electron chi connectivity index (χ2n) is 5.33. The minimum absolute atomic E-state index is 0.115. The van der Waals surface area contributed by atoms with E-state index in [-0.39, 0.29) is 18.5 Å². The third-order valence-corrected chi connectivity index (χ3v) is 4.30. The van der Waals surface area contributed by atoms with Gasteiger partial charge in [-0.05, 0) is 53.2 Å². The van der Waals surface area contributed by atoms with E-state index < -0.39 is 0 Å². The molecule has 0 saturated heterocycles. The highest BCUT2D eigenvalue weighted by Gasteiger charge is 2.14. The van der Waals surface area contributed by atoms with E-state index in [1.54, 1.807) is 31.4 Å². The Morgan fingerprint density at radius 3 is 2.79 bits per heavy atom. The number of carbonyl (C=O) groups is 1. The number of nitriles is 1. The molecule has 0 bridgehead atoms. The maximum absolute atomic E-state index is 12.1. The lowest BCUT2D eigenvalue weighted by atomic mass is 10.1. The number of benzene rings is 2. The number of nitrogens with zero attached hydrogens (tertiary/aromatic N) is 1. The standard InChI is InChI=1S/C18H18BrN3O2/c1-12(13-7-8-17(24-2)15(19)9-13)21-11-18(23)22-16-6-4-3-5-14(16)10-20/h3-9,12,21H,11H2,1-2H3,(H,22,23)/p+1/t12-/m0/s1. The third-order valence-electron chi connectivity index (χ3n) is 3.68. The minimum Gasteiger partial charge on any atom is -0.496 e. The lowest BCUT2D eigenvalue weighted by Gasteiger charge is -2.13. The van der Waals surface area contributed by atoms with Gasteiger partial charge in [0.2, 0.25) is 0 Å². The average molecular weight is 389 g/mol. The van der Waals surface area contributed by atoms with E-state index in [2.05, 4.69) is 27.3 Å². The number of anilines is 1. The van der Waals surface area contributed by atoms with Crippen molar-refractivity contribution in [2.75, 3.05) is 19.0 Å². The number of amides is 1. The number of para-hydroxylation sites is 1. The lowest BCUT2D eigenvalue weighted by Crippen LogP contribution is -2.86. The summed E-state index contributed by atoms with van der Waals surface area (Å²) in [6, 6.07) is 15.0. The number of carbonyl (C=O) groups excluding carboxylic acids is 1. The molecule has 0 spiro atoms. The van der Waals surface area contributed by atoms with E-state index in [1.165, 1.54) is 0 Å². The molecule has 0 aliphatic rings. The summed E-state index contributed by atoms with van der Waals surface area (Å²) in [5, 5.41) is 13.8. The van der Waals surface area contributed by atoms with Crippen LogP contribution in [0.4, 0.5) is 5.69 Å². The van der Waals surface area contributed by atoms with Crippen molar-refractivity contribution < 1.29 is 14.8 Å². The van der Waals surface area contributed by atoms with Crippen molar-refractivity contribution in [2.24, 2.45) is 0 Å². The Hall–Kier alpha value is -2.36. The highest BCUT2D eigenvalue weighted by molar-refractivity contribution is 9.10. The van der Waals surface area contributed by atoms with E-state index >= 15 is 0 Å². The van der Waals surface area contributed by atoms with Gasteiger partial charge < -0.3 is 15.4 Å². The van der Waals surface area contributed by atoms with Crippen molar-refractivity contribution in [3.8, 4) is 11.8 Å². The smallest absolute Gasteiger partial charge is 0.279 e. The van der Waals surface area contributed by atoms with E-state index in [4.69, 9.17) is 10.00 Å². The summed E-state index contributed by atoms with van der Waals surface area (Å²) in [5.41, 5.74) is 2.09. The Morgan fingerprint density at radius 1 is 1.38 bits per heavy atom. The number of methoxy groups -OCH3 is 1. The Balaban J connectivity index is 1.94. The van der Waals surface area contributed by atoms with Crippen LogP contribution in [0.2, 0.25) is 0 Å². The Morgan fingerprint density at radius 2 is 2.12 bits per heavy atom. The quantitative estimate of drug-likeness (QED) is 0.797. The molecule has 24 heavy (non-hydrogen) atoms. The van der Waals surface area contributed by atoms with Crippen molar-refractivity contribution in [1.82, 2.24) is 0 Å². The molecule has 6 heteroatoms. The fourth-order valence-electron chi connectivity index (χ4n) is 2.28. The summed E-state index contributed by atoms with van der Waals surface area (Å²) < 4.78 is 6.10. The van der Waals surface area contributed by atoms with Crippen molar-refractivity contribution >= 4 is 27.5 Å². The summed E-state index contributed by atoms with van der Waals surface area (Å²) in [6.45, 7) is 2.30. The van der Waals surface area contributed by atoms with Crippen LogP contribution in [-0.2, 0) is 4.79 Å². The van der Waals surface area contributed by atoms with Gasteiger partial charge in [0.25, 0.3) is 5.91 Å². The van der Waals surface area contributed by atoms with Gasteiger partial charge in [-0.3, -0.25) is 4.79 Å².